The van der Waals surface area contributed by atoms with E-state index in [1.54, 1.807) is 0 Å². The molecule has 108 valence electrons. The number of para-hydroxylation sites is 1. The number of carbonyl (C=O) groups excluding carboxylic acids is 1. The molecule has 0 spiro atoms. The van der Waals surface area contributed by atoms with Gasteiger partial charge in [0.05, 0.1) is 5.56 Å². The van der Waals surface area contributed by atoms with Crippen LogP contribution in [0.1, 0.15) is 30.1 Å². The minimum absolute atomic E-state index is 0.0292. The van der Waals surface area contributed by atoms with Crippen molar-refractivity contribution in [3.63, 3.8) is 0 Å². The molecule has 0 radical (unpaired) electrons. The molecular weight excluding hydrogens is 252 g/mol. The highest BCUT2D eigenvalue weighted by atomic mass is 16.3. The van der Waals surface area contributed by atoms with Crippen LogP contribution in [0.5, 0.6) is 0 Å². The number of amides is 1. The van der Waals surface area contributed by atoms with Gasteiger partial charge in [0, 0.05) is 37.3 Å². The molecule has 1 amide bonds. The van der Waals surface area contributed by atoms with Crippen LogP contribution in [-0.2, 0) is 7.05 Å². The van der Waals surface area contributed by atoms with E-state index in [2.05, 4.69) is 5.32 Å². The second-order valence-electron chi connectivity index (χ2n) is 5.36. The molecule has 2 rings (SSSR count). The molecular formula is C16H22N2O2. The van der Waals surface area contributed by atoms with E-state index >= 15 is 0 Å². The first-order valence-corrected chi connectivity index (χ1v) is 7.06. The van der Waals surface area contributed by atoms with Crippen LogP contribution in [0.15, 0.2) is 30.5 Å². The first-order chi connectivity index (χ1) is 9.63. The summed E-state index contributed by atoms with van der Waals surface area (Å²) in [6, 6.07) is 7.90. The molecule has 4 nitrogen and oxygen atoms in total. The van der Waals surface area contributed by atoms with Crippen molar-refractivity contribution in [2.45, 2.75) is 19.8 Å². The van der Waals surface area contributed by atoms with Crippen LogP contribution in [0.4, 0.5) is 0 Å². The number of nitrogens with one attached hydrogen (secondary N) is 1. The normalized spacial score (nSPS) is 12.6. The van der Waals surface area contributed by atoms with Gasteiger partial charge in [0.1, 0.15) is 0 Å². The maximum Gasteiger partial charge on any atom is 0.253 e. The number of aliphatic hydroxyl groups excluding tert-OH is 1. The van der Waals surface area contributed by atoms with E-state index in [1.807, 2.05) is 49.0 Å². The van der Waals surface area contributed by atoms with E-state index in [1.165, 1.54) is 0 Å². The van der Waals surface area contributed by atoms with Gasteiger partial charge in [-0.25, -0.2) is 0 Å². The molecule has 2 aromatic rings. The number of aromatic nitrogens is 1. The van der Waals surface area contributed by atoms with Crippen molar-refractivity contribution < 1.29 is 9.90 Å². The second kappa shape index (κ2) is 6.57. The Hall–Kier alpha value is -1.81. The van der Waals surface area contributed by atoms with Crippen molar-refractivity contribution in [3.05, 3.63) is 36.0 Å². The van der Waals surface area contributed by atoms with Crippen molar-refractivity contribution in [1.82, 2.24) is 9.88 Å². The van der Waals surface area contributed by atoms with Gasteiger partial charge in [0.2, 0.25) is 0 Å². The molecule has 0 saturated heterocycles. The van der Waals surface area contributed by atoms with Crippen LogP contribution in [0.25, 0.3) is 10.9 Å². The smallest absolute Gasteiger partial charge is 0.253 e. The Morgan fingerprint density at radius 2 is 2.15 bits per heavy atom. The number of rotatable bonds is 6. The summed E-state index contributed by atoms with van der Waals surface area (Å²) in [5.41, 5.74) is 1.78. The fourth-order valence-corrected chi connectivity index (χ4v) is 2.36. The zero-order valence-electron chi connectivity index (χ0n) is 12.1. The maximum atomic E-state index is 12.2. The van der Waals surface area contributed by atoms with Gasteiger partial charge in [0.25, 0.3) is 5.91 Å². The third kappa shape index (κ3) is 3.20. The molecule has 0 saturated carbocycles. The Morgan fingerprint density at radius 1 is 1.40 bits per heavy atom. The number of aliphatic hydroxyl groups is 1. The van der Waals surface area contributed by atoms with E-state index in [-0.39, 0.29) is 12.5 Å². The van der Waals surface area contributed by atoms with E-state index in [0.29, 0.717) is 12.5 Å². The molecule has 1 aromatic heterocycles. The lowest BCUT2D eigenvalue weighted by Gasteiger charge is -2.08. The lowest BCUT2D eigenvalue weighted by atomic mass is 10.1. The zero-order valence-corrected chi connectivity index (χ0v) is 12.1. The number of carbonyl (C=O) groups is 1. The number of benzene rings is 1. The fraction of sp³-hybridized carbons (Fsp3) is 0.438. The molecule has 0 bridgehead atoms. The average molecular weight is 274 g/mol. The SMILES string of the molecule is CC(CO)CCCNC(=O)c1cn(C)c2ccccc12. The van der Waals surface area contributed by atoms with Crippen LogP contribution in [0, 0.1) is 5.92 Å². The molecule has 1 unspecified atom stereocenters. The van der Waals surface area contributed by atoms with Crippen molar-refractivity contribution in [2.75, 3.05) is 13.2 Å². The maximum absolute atomic E-state index is 12.2. The summed E-state index contributed by atoms with van der Waals surface area (Å²) >= 11 is 0. The van der Waals surface area contributed by atoms with E-state index in [0.717, 1.165) is 29.3 Å². The van der Waals surface area contributed by atoms with E-state index in [4.69, 9.17) is 5.11 Å². The van der Waals surface area contributed by atoms with Gasteiger partial charge in [-0.3, -0.25) is 4.79 Å². The third-order valence-corrected chi connectivity index (χ3v) is 3.61. The number of hydrogen-bond donors (Lipinski definition) is 2. The van der Waals surface area contributed by atoms with Gasteiger partial charge in [-0.1, -0.05) is 25.1 Å². The van der Waals surface area contributed by atoms with Crippen LogP contribution in [-0.4, -0.2) is 28.7 Å². The molecule has 0 aliphatic rings. The minimum atomic E-state index is -0.0292. The highest BCUT2D eigenvalue weighted by molar-refractivity contribution is 6.06. The molecule has 20 heavy (non-hydrogen) atoms. The molecule has 1 atom stereocenters. The predicted octanol–water partition coefficient (Wildman–Crippen LogP) is 2.32. The van der Waals surface area contributed by atoms with Crippen LogP contribution >= 0.6 is 0 Å². The van der Waals surface area contributed by atoms with Gasteiger partial charge >= 0.3 is 0 Å². The summed E-state index contributed by atoms with van der Waals surface area (Å²) in [6.45, 7) is 2.86. The van der Waals surface area contributed by atoms with Crippen LogP contribution in [0.3, 0.4) is 0 Å². The lowest BCUT2D eigenvalue weighted by molar-refractivity contribution is 0.0953. The molecule has 1 heterocycles. The summed E-state index contributed by atoms with van der Waals surface area (Å²) < 4.78 is 1.97. The van der Waals surface area contributed by atoms with E-state index in [9.17, 15) is 4.79 Å². The Balaban J connectivity index is 1.98. The molecule has 1 aromatic carbocycles. The number of aryl methyl sites for hydroxylation is 1. The predicted molar refractivity (Wildman–Crippen MR) is 80.7 cm³/mol. The topological polar surface area (TPSA) is 54.3 Å². The lowest BCUT2D eigenvalue weighted by Crippen LogP contribution is -2.24. The molecule has 4 heteroatoms. The van der Waals surface area contributed by atoms with Gasteiger partial charge in [-0.05, 0) is 24.8 Å². The Bertz CT molecular complexity index is 589. The summed E-state index contributed by atoms with van der Waals surface area (Å²) in [6.07, 6.45) is 3.68. The quantitative estimate of drug-likeness (QED) is 0.794. The summed E-state index contributed by atoms with van der Waals surface area (Å²) in [5, 5.41) is 12.9. The van der Waals surface area contributed by atoms with Crippen LogP contribution in [0.2, 0.25) is 0 Å². The highest BCUT2D eigenvalue weighted by Gasteiger charge is 2.12. The number of hydrogen-bond acceptors (Lipinski definition) is 2. The van der Waals surface area contributed by atoms with E-state index < -0.39 is 0 Å². The molecule has 0 aliphatic heterocycles. The zero-order chi connectivity index (χ0) is 14.5. The largest absolute Gasteiger partial charge is 0.396 e. The molecule has 2 N–H and O–H groups in total. The average Bonchev–Trinajstić information content (AvgIpc) is 2.81. The van der Waals surface area contributed by atoms with Crippen molar-refractivity contribution in [2.24, 2.45) is 13.0 Å². The van der Waals surface area contributed by atoms with Crippen molar-refractivity contribution in [3.8, 4) is 0 Å². The summed E-state index contributed by atoms with van der Waals surface area (Å²) in [5.74, 6) is 0.267. The molecule has 0 aliphatic carbocycles. The first kappa shape index (κ1) is 14.6. The van der Waals surface area contributed by atoms with Crippen molar-refractivity contribution >= 4 is 16.8 Å². The first-order valence-electron chi connectivity index (χ1n) is 7.06. The van der Waals surface area contributed by atoms with Gasteiger partial charge in [-0.2, -0.15) is 0 Å². The van der Waals surface area contributed by atoms with Gasteiger partial charge < -0.3 is 15.0 Å². The third-order valence-electron chi connectivity index (χ3n) is 3.61. The Labute approximate surface area is 119 Å². The second-order valence-corrected chi connectivity index (χ2v) is 5.36. The standard InChI is InChI=1S/C16H22N2O2/c1-12(11-19)6-5-9-17-16(20)14-10-18(2)15-8-4-3-7-13(14)15/h3-4,7-8,10,12,19H,5-6,9,11H2,1-2H3,(H,17,20). The van der Waals surface area contributed by atoms with Gasteiger partial charge in [-0.15, -0.1) is 0 Å². The Kier molecular flexibility index (Phi) is 4.79. The number of nitrogens with zero attached hydrogens (tertiary/aromatic N) is 1. The Morgan fingerprint density at radius 3 is 2.90 bits per heavy atom. The minimum Gasteiger partial charge on any atom is -0.396 e. The summed E-state index contributed by atoms with van der Waals surface area (Å²) in [7, 11) is 1.95. The fourth-order valence-electron chi connectivity index (χ4n) is 2.36. The van der Waals surface area contributed by atoms with Gasteiger partial charge in [0.15, 0.2) is 0 Å². The number of fused-ring (bicyclic) bond motifs is 1. The van der Waals surface area contributed by atoms with Crippen LogP contribution < -0.4 is 5.32 Å². The summed E-state index contributed by atoms with van der Waals surface area (Å²) in [4.78, 5) is 12.2. The molecule has 0 fully saturated rings. The van der Waals surface area contributed by atoms with Crippen molar-refractivity contribution in [1.29, 1.82) is 0 Å². The monoisotopic (exact) mass is 274 g/mol. The highest BCUT2D eigenvalue weighted by Crippen LogP contribution is 2.20.